The van der Waals surface area contributed by atoms with Crippen LogP contribution >= 0.6 is 11.6 Å². The Morgan fingerprint density at radius 2 is 1.97 bits per heavy atom. The molecule has 1 unspecified atom stereocenters. The van der Waals surface area contributed by atoms with Crippen LogP contribution < -0.4 is 11.4 Å². The Morgan fingerprint density at radius 3 is 2.61 bits per heavy atom. The number of rotatable bonds is 4. The first-order chi connectivity index (χ1) is 14.6. The third kappa shape index (κ3) is 5.13. The number of allylic oxidation sites excluding steroid dienone is 1. The molecule has 5 nitrogen and oxygen atoms in total. The minimum absolute atomic E-state index is 0.00515. The Hall–Kier alpha value is -3.57. The maximum absolute atomic E-state index is 13.9. The monoisotopic (exact) mass is 444 g/mol. The number of aromatic nitrogens is 2. The maximum atomic E-state index is 13.9. The zero-order valence-electron chi connectivity index (χ0n) is 16.2. The van der Waals surface area contributed by atoms with Crippen LogP contribution in [0.4, 0.5) is 19.0 Å². The molecule has 3 aromatic rings. The Balaban J connectivity index is 2.07. The fourth-order valence-electron chi connectivity index (χ4n) is 3.01. The molecule has 2 aromatic carbocycles. The molecule has 3 rings (SSSR count). The first-order valence-electron chi connectivity index (χ1n) is 9.00. The summed E-state index contributed by atoms with van der Waals surface area (Å²) in [6.07, 6.45) is -1.01. The van der Waals surface area contributed by atoms with Crippen molar-refractivity contribution in [1.29, 1.82) is 5.26 Å². The van der Waals surface area contributed by atoms with E-state index < -0.39 is 17.8 Å². The predicted molar refractivity (Wildman–Crippen MR) is 113 cm³/mol. The van der Waals surface area contributed by atoms with Gasteiger partial charge in [-0.1, -0.05) is 35.9 Å². The van der Waals surface area contributed by atoms with Gasteiger partial charge in [0.05, 0.1) is 23.2 Å². The van der Waals surface area contributed by atoms with Gasteiger partial charge in [0, 0.05) is 11.2 Å². The summed E-state index contributed by atoms with van der Waals surface area (Å²) in [6, 6.07) is 12.0. The van der Waals surface area contributed by atoms with Crippen molar-refractivity contribution in [1.82, 2.24) is 9.55 Å². The molecule has 0 radical (unpaired) electrons. The standard InChI is InChI=1S/C22H16ClF3N4O/c1-13-2-3-14(8-16(13)12-27)4-5-19(22(24,25)26)15-9-17(23)11-18(10-15)30-7-6-20(28)29-21(30)31/h2-11,19H,1H3,(H2,28,29,31)/b5-4+. The van der Waals surface area contributed by atoms with Crippen molar-refractivity contribution in [2.75, 3.05) is 5.73 Å². The van der Waals surface area contributed by atoms with E-state index in [0.29, 0.717) is 11.1 Å². The SMILES string of the molecule is Cc1ccc(/C=C/C(c2cc(Cl)cc(-n3ccc(N)nc3=O)c2)C(F)(F)F)cc1C#N. The predicted octanol–water partition coefficient (Wildman–Crippen LogP) is 5.01. The number of alkyl halides is 3. The van der Waals surface area contributed by atoms with Gasteiger partial charge < -0.3 is 5.73 Å². The number of nitrogens with zero attached hydrogens (tertiary/aromatic N) is 3. The average Bonchev–Trinajstić information content (AvgIpc) is 2.68. The zero-order valence-corrected chi connectivity index (χ0v) is 16.9. The Labute approximate surface area is 180 Å². The van der Waals surface area contributed by atoms with Crippen molar-refractivity contribution in [2.45, 2.75) is 19.0 Å². The van der Waals surface area contributed by atoms with E-state index in [4.69, 9.17) is 22.6 Å². The second kappa shape index (κ2) is 8.66. The smallest absolute Gasteiger partial charge is 0.383 e. The molecule has 1 atom stereocenters. The second-order valence-electron chi connectivity index (χ2n) is 6.81. The topological polar surface area (TPSA) is 84.7 Å². The van der Waals surface area contributed by atoms with E-state index in [1.807, 2.05) is 6.07 Å². The Kier molecular flexibility index (Phi) is 6.18. The van der Waals surface area contributed by atoms with Gasteiger partial charge in [0.25, 0.3) is 0 Å². The van der Waals surface area contributed by atoms with Crippen LogP contribution in [-0.2, 0) is 0 Å². The van der Waals surface area contributed by atoms with Gasteiger partial charge in [-0.05, 0) is 53.9 Å². The van der Waals surface area contributed by atoms with E-state index in [1.165, 1.54) is 42.6 Å². The number of anilines is 1. The number of hydrogen-bond donors (Lipinski definition) is 1. The third-order valence-corrected chi connectivity index (χ3v) is 4.80. The maximum Gasteiger partial charge on any atom is 0.399 e. The number of nitriles is 1. The van der Waals surface area contributed by atoms with E-state index in [2.05, 4.69) is 4.98 Å². The minimum Gasteiger partial charge on any atom is -0.383 e. The van der Waals surface area contributed by atoms with Gasteiger partial charge in [-0.25, -0.2) is 4.79 Å². The number of benzene rings is 2. The summed E-state index contributed by atoms with van der Waals surface area (Å²) in [5.74, 6) is -2.00. The van der Waals surface area contributed by atoms with E-state index in [1.54, 1.807) is 19.1 Å². The fourth-order valence-corrected chi connectivity index (χ4v) is 3.25. The normalized spacial score (nSPS) is 12.6. The lowest BCUT2D eigenvalue weighted by Gasteiger charge is -2.19. The van der Waals surface area contributed by atoms with Gasteiger partial charge in [0.15, 0.2) is 0 Å². The number of hydrogen-bond acceptors (Lipinski definition) is 4. The summed E-state index contributed by atoms with van der Waals surface area (Å²) in [4.78, 5) is 15.7. The quantitative estimate of drug-likeness (QED) is 0.613. The number of halogens is 4. The number of nitrogen functional groups attached to an aromatic ring is 1. The molecule has 2 N–H and O–H groups in total. The van der Waals surface area contributed by atoms with Crippen molar-refractivity contribution < 1.29 is 13.2 Å². The molecule has 1 heterocycles. The van der Waals surface area contributed by atoms with Crippen LogP contribution in [0.3, 0.4) is 0 Å². The summed E-state index contributed by atoms with van der Waals surface area (Å²) in [5, 5.41) is 9.16. The van der Waals surface area contributed by atoms with Crippen LogP contribution in [0.25, 0.3) is 11.8 Å². The average molecular weight is 445 g/mol. The zero-order chi connectivity index (χ0) is 22.8. The number of aryl methyl sites for hydroxylation is 1. The molecule has 1 aromatic heterocycles. The molecule has 0 amide bonds. The van der Waals surface area contributed by atoms with Crippen LogP contribution in [0.5, 0.6) is 0 Å². The third-order valence-electron chi connectivity index (χ3n) is 4.58. The van der Waals surface area contributed by atoms with Crippen molar-refractivity contribution in [2.24, 2.45) is 0 Å². The summed E-state index contributed by atoms with van der Waals surface area (Å²) in [5.41, 5.74) is 6.27. The largest absolute Gasteiger partial charge is 0.399 e. The van der Waals surface area contributed by atoms with Gasteiger partial charge in [0.1, 0.15) is 5.82 Å². The molecule has 0 spiro atoms. The highest BCUT2D eigenvalue weighted by atomic mass is 35.5. The van der Waals surface area contributed by atoms with Gasteiger partial charge in [-0.15, -0.1) is 0 Å². The van der Waals surface area contributed by atoms with E-state index in [9.17, 15) is 18.0 Å². The summed E-state index contributed by atoms with van der Waals surface area (Å²) >= 11 is 6.06. The molecule has 9 heteroatoms. The highest BCUT2D eigenvalue weighted by Gasteiger charge is 2.39. The van der Waals surface area contributed by atoms with Gasteiger partial charge in [-0.3, -0.25) is 4.57 Å². The fraction of sp³-hybridized carbons (Fsp3) is 0.136. The van der Waals surface area contributed by atoms with Crippen molar-refractivity contribution in [3.63, 3.8) is 0 Å². The first-order valence-corrected chi connectivity index (χ1v) is 9.38. The molecule has 0 aliphatic carbocycles. The Morgan fingerprint density at radius 1 is 1.23 bits per heavy atom. The summed E-state index contributed by atoms with van der Waals surface area (Å²) in [7, 11) is 0. The van der Waals surface area contributed by atoms with Crippen LogP contribution in [-0.4, -0.2) is 15.7 Å². The lowest BCUT2D eigenvalue weighted by atomic mass is 9.96. The van der Waals surface area contributed by atoms with Crippen LogP contribution in [0.1, 0.15) is 28.2 Å². The second-order valence-corrected chi connectivity index (χ2v) is 7.25. The molecule has 0 aliphatic rings. The van der Waals surface area contributed by atoms with Crippen LogP contribution in [0.2, 0.25) is 5.02 Å². The molecule has 0 saturated heterocycles. The van der Waals surface area contributed by atoms with E-state index in [-0.39, 0.29) is 22.1 Å². The Bertz CT molecular complexity index is 1260. The van der Waals surface area contributed by atoms with Crippen molar-refractivity contribution in [3.05, 3.63) is 92.5 Å². The number of nitrogens with two attached hydrogens (primary N) is 1. The van der Waals surface area contributed by atoms with Gasteiger partial charge in [-0.2, -0.15) is 23.4 Å². The first kappa shape index (κ1) is 22.1. The highest BCUT2D eigenvalue weighted by molar-refractivity contribution is 6.30. The van der Waals surface area contributed by atoms with Crippen molar-refractivity contribution in [3.8, 4) is 11.8 Å². The molecule has 0 bridgehead atoms. The molecule has 158 valence electrons. The van der Waals surface area contributed by atoms with Crippen molar-refractivity contribution >= 4 is 23.5 Å². The van der Waals surface area contributed by atoms with E-state index in [0.717, 1.165) is 16.2 Å². The summed E-state index contributed by atoms with van der Waals surface area (Å²) in [6.45, 7) is 1.74. The molecular weight excluding hydrogens is 429 g/mol. The lowest BCUT2D eigenvalue weighted by Crippen LogP contribution is -2.23. The molecule has 31 heavy (non-hydrogen) atoms. The van der Waals surface area contributed by atoms with Gasteiger partial charge in [0.2, 0.25) is 0 Å². The minimum atomic E-state index is -4.62. The highest BCUT2D eigenvalue weighted by Crippen LogP contribution is 2.38. The van der Waals surface area contributed by atoms with Gasteiger partial charge >= 0.3 is 11.9 Å². The molecule has 0 fully saturated rings. The lowest BCUT2D eigenvalue weighted by molar-refractivity contribution is -0.139. The van der Waals surface area contributed by atoms with E-state index >= 15 is 0 Å². The summed E-state index contributed by atoms with van der Waals surface area (Å²) < 4.78 is 42.7. The van der Waals surface area contributed by atoms with Crippen LogP contribution in [0.15, 0.2) is 59.5 Å². The van der Waals surface area contributed by atoms with Crippen LogP contribution in [0, 0.1) is 18.3 Å². The molecular formula is C22H16ClF3N4O. The molecule has 0 saturated carbocycles. The molecule has 0 aliphatic heterocycles.